The van der Waals surface area contributed by atoms with Gasteiger partial charge in [-0.15, -0.1) is 0 Å². The number of aryl methyl sites for hydroxylation is 1. The SMILES string of the molecule is Cc1cc(C#N)cnc1C(=O)NC1CCC2NNC(c3cccc(N4C[C@@H](C)O[C@@H](C)C4)c3)C2C1. The molecular formula is C27H34N6O2. The fraction of sp³-hybridized carbons (Fsp3) is 0.519. The molecule has 3 fully saturated rings. The Hall–Kier alpha value is -2.99. The van der Waals surface area contributed by atoms with Crippen LogP contribution in [0, 0.1) is 24.2 Å². The Kier molecular flexibility index (Phi) is 6.74. The summed E-state index contributed by atoms with van der Waals surface area (Å²) in [5.74, 6) is 0.213. The first-order valence-electron chi connectivity index (χ1n) is 12.6. The number of amides is 1. The number of carbonyl (C=O) groups excluding carboxylic acids is 1. The van der Waals surface area contributed by atoms with Gasteiger partial charge in [-0.25, -0.2) is 10.4 Å². The van der Waals surface area contributed by atoms with E-state index in [0.717, 1.165) is 37.9 Å². The van der Waals surface area contributed by atoms with Crippen LogP contribution in [0.1, 0.15) is 66.3 Å². The van der Waals surface area contributed by atoms with E-state index < -0.39 is 0 Å². The number of fused-ring (bicyclic) bond motifs is 1. The second kappa shape index (κ2) is 9.94. The Morgan fingerprint density at radius 3 is 2.74 bits per heavy atom. The van der Waals surface area contributed by atoms with Crippen molar-refractivity contribution in [1.29, 1.82) is 5.26 Å². The summed E-state index contributed by atoms with van der Waals surface area (Å²) >= 11 is 0. The molecule has 3 heterocycles. The molecule has 4 unspecified atom stereocenters. The molecular weight excluding hydrogens is 440 g/mol. The molecule has 5 rings (SSSR count). The van der Waals surface area contributed by atoms with Crippen molar-refractivity contribution in [2.75, 3.05) is 18.0 Å². The number of benzene rings is 1. The number of rotatable bonds is 4. The first-order valence-corrected chi connectivity index (χ1v) is 12.6. The first kappa shape index (κ1) is 23.7. The second-order valence-corrected chi connectivity index (χ2v) is 10.3. The lowest BCUT2D eigenvalue weighted by Gasteiger charge is -2.37. The third kappa shape index (κ3) is 5.03. The van der Waals surface area contributed by atoms with Crippen molar-refractivity contribution in [3.05, 3.63) is 58.9 Å². The number of hydrogen-bond acceptors (Lipinski definition) is 7. The van der Waals surface area contributed by atoms with Gasteiger partial charge < -0.3 is 15.0 Å². The summed E-state index contributed by atoms with van der Waals surface area (Å²) in [5, 5.41) is 12.3. The normalized spacial score (nSPS) is 30.4. The zero-order valence-corrected chi connectivity index (χ0v) is 20.6. The van der Waals surface area contributed by atoms with Crippen LogP contribution >= 0.6 is 0 Å². The van der Waals surface area contributed by atoms with Crippen LogP contribution in [0.15, 0.2) is 36.5 Å². The Balaban J connectivity index is 1.28. The number of nitrogens with zero attached hydrogens (tertiary/aromatic N) is 3. The van der Waals surface area contributed by atoms with Gasteiger partial charge in [0.15, 0.2) is 0 Å². The Morgan fingerprint density at radius 2 is 2.00 bits per heavy atom. The van der Waals surface area contributed by atoms with Crippen molar-refractivity contribution in [1.82, 2.24) is 21.2 Å². The van der Waals surface area contributed by atoms with Crippen LogP contribution in [-0.4, -0.2) is 48.3 Å². The van der Waals surface area contributed by atoms with E-state index in [-0.39, 0.29) is 30.2 Å². The van der Waals surface area contributed by atoms with Gasteiger partial charge in [-0.2, -0.15) is 5.26 Å². The van der Waals surface area contributed by atoms with Gasteiger partial charge in [0.1, 0.15) is 11.8 Å². The largest absolute Gasteiger partial charge is 0.372 e. The topological polar surface area (TPSA) is 102 Å². The Morgan fingerprint density at radius 1 is 1.20 bits per heavy atom. The van der Waals surface area contributed by atoms with E-state index in [9.17, 15) is 4.79 Å². The van der Waals surface area contributed by atoms with Crippen LogP contribution < -0.4 is 21.1 Å². The van der Waals surface area contributed by atoms with Crippen molar-refractivity contribution >= 4 is 11.6 Å². The molecule has 1 aliphatic carbocycles. The quantitative estimate of drug-likeness (QED) is 0.626. The predicted octanol–water partition coefficient (Wildman–Crippen LogP) is 2.99. The zero-order chi connectivity index (χ0) is 24.5. The standard InChI is InChI=1S/C27H34N6O2/c1-16-9-19(12-28)13-29-25(16)27(34)30-21-7-8-24-23(11-21)26(32-31-24)20-5-4-6-22(10-20)33-14-17(2)35-18(3)15-33/h4-6,9-10,13,17-18,21,23-24,26,31-32H,7-8,11,14-15H2,1-3H3,(H,30,34)/t17-,18+,21?,23?,24?,26?. The fourth-order valence-corrected chi connectivity index (χ4v) is 5.95. The van der Waals surface area contributed by atoms with Gasteiger partial charge in [0, 0.05) is 37.1 Å². The monoisotopic (exact) mass is 474 g/mol. The van der Waals surface area contributed by atoms with E-state index in [1.807, 2.05) is 6.92 Å². The Labute approximate surface area is 207 Å². The van der Waals surface area contributed by atoms with Gasteiger partial charge in [-0.05, 0) is 75.3 Å². The zero-order valence-electron chi connectivity index (χ0n) is 20.6. The summed E-state index contributed by atoms with van der Waals surface area (Å²) in [6, 6.07) is 13.3. The summed E-state index contributed by atoms with van der Waals surface area (Å²) in [5.41, 5.74) is 11.1. The third-order valence-corrected chi connectivity index (χ3v) is 7.52. The molecule has 1 aromatic carbocycles. The molecule has 35 heavy (non-hydrogen) atoms. The van der Waals surface area contributed by atoms with Crippen molar-refractivity contribution in [2.45, 2.75) is 70.4 Å². The number of hydrogen-bond donors (Lipinski definition) is 3. The van der Waals surface area contributed by atoms with Crippen LogP contribution in [-0.2, 0) is 4.74 Å². The van der Waals surface area contributed by atoms with Crippen LogP contribution in [0.2, 0.25) is 0 Å². The molecule has 3 N–H and O–H groups in total. The van der Waals surface area contributed by atoms with Gasteiger partial charge in [0.05, 0.1) is 23.8 Å². The molecule has 2 aliphatic heterocycles. The number of aromatic nitrogens is 1. The predicted molar refractivity (Wildman–Crippen MR) is 134 cm³/mol. The molecule has 184 valence electrons. The summed E-state index contributed by atoms with van der Waals surface area (Å²) < 4.78 is 5.92. The molecule has 8 heteroatoms. The highest BCUT2D eigenvalue weighted by molar-refractivity contribution is 5.93. The summed E-state index contributed by atoms with van der Waals surface area (Å²) in [7, 11) is 0. The van der Waals surface area contributed by atoms with Gasteiger partial charge in [-0.1, -0.05) is 12.1 Å². The van der Waals surface area contributed by atoms with Gasteiger partial charge in [0.2, 0.25) is 0 Å². The molecule has 2 aromatic rings. The number of nitriles is 1. The van der Waals surface area contributed by atoms with Crippen molar-refractivity contribution in [3.8, 4) is 6.07 Å². The second-order valence-electron chi connectivity index (χ2n) is 10.3. The minimum Gasteiger partial charge on any atom is -0.372 e. The van der Waals surface area contributed by atoms with Crippen molar-refractivity contribution in [3.63, 3.8) is 0 Å². The van der Waals surface area contributed by atoms with E-state index in [1.54, 1.807) is 6.07 Å². The number of anilines is 1. The van der Waals surface area contributed by atoms with Crippen molar-refractivity contribution in [2.24, 2.45) is 5.92 Å². The average molecular weight is 475 g/mol. The van der Waals surface area contributed by atoms with Gasteiger partial charge >= 0.3 is 0 Å². The molecule has 6 atom stereocenters. The molecule has 0 radical (unpaired) electrons. The van der Waals surface area contributed by atoms with Crippen molar-refractivity contribution < 1.29 is 9.53 Å². The molecule has 1 amide bonds. The maximum absolute atomic E-state index is 12.9. The molecule has 1 saturated carbocycles. The molecule has 1 aromatic heterocycles. The first-order chi connectivity index (χ1) is 16.9. The number of morpholine rings is 1. The molecule has 0 bridgehead atoms. The maximum atomic E-state index is 12.9. The molecule has 8 nitrogen and oxygen atoms in total. The van der Waals surface area contributed by atoms with Gasteiger partial charge in [-0.3, -0.25) is 10.2 Å². The summed E-state index contributed by atoms with van der Waals surface area (Å²) in [4.78, 5) is 19.6. The van der Waals surface area contributed by atoms with Gasteiger partial charge in [0.25, 0.3) is 5.91 Å². The number of ether oxygens (including phenoxy) is 1. The van der Waals surface area contributed by atoms with Crippen LogP contribution in [0.25, 0.3) is 0 Å². The molecule has 0 spiro atoms. The summed E-state index contributed by atoms with van der Waals surface area (Å²) in [6.07, 6.45) is 4.71. The van der Waals surface area contributed by atoms with E-state index in [4.69, 9.17) is 10.00 Å². The van der Waals surface area contributed by atoms with Crippen LogP contribution in [0.3, 0.4) is 0 Å². The highest BCUT2D eigenvalue weighted by atomic mass is 16.5. The molecule has 2 saturated heterocycles. The average Bonchev–Trinajstić information content (AvgIpc) is 3.26. The van der Waals surface area contributed by atoms with E-state index >= 15 is 0 Å². The van der Waals surface area contributed by atoms with E-state index in [0.29, 0.717) is 23.2 Å². The highest BCUT2D eigenvalue weighted by Gasteiger charge is 2.41. The van der Waals surface area contributed by atoms with E-state index in [1.165, 1.54) is 17.4 Å². The highest BCUT2D eigenvalue weighted by Crippen LogP contribution is 2.39. The molecule has 3 aliphatic rings. The number of carbonyl (C=O) groups is 1. The smallest absolute Gasteiger partial charge is 0.270 e. The Bertz CT molecular complexity index is 1120. The van der Waals surface area contributed by atoms with Crippen LogP contribution in [0.4, 0.5) is 5.69 Å². The number of hydrazine groups is 1. The minimum absolute atomic E-state index is 0.0916. The lowest BCUT2D eigenvalue weighted by molar-refractivity contribution is -0.00522. The third-order valence-electron chi connectivity index (χ3n) is 7.52. The maximum Gasteiger partial charge on any atom is 0.270 e. The summed E-state index contributed by atoms with van der Waals surface area (Å²) in [6.45, 7) is 7.87. The van der Waals surface area contributed by atoms with E-state index in [2.05, 4.69) is 70.2 Å². The number of nitrogens with one attached hydrogen (secondary N) is 3. The number of pyridine rings is 1. The fourth-order valence-electron chi connectivity index (χ4n) is 5.95. The lowest BCUT2D eigenvalue weighted by Crippen LogP contribution is -2.45. The lowest BCUT2D eigenvalue weighted by atomic mass is 9.77. The minimum atomic E-state index is -0.163. The van der Waals surface area contributed by atoms with Crippen LogP contribution in [0.5, 0.6) is 0 Å².